The van der Waals surface area contributed by atoms with E-state index in [1.807, 2.05) is 25.3 Å². The van der Waals surface area contributed by atoms with Gasteiger partial charge in [0.05, 0.1) is 23.0 Å². The molecule has 116 valence electrons. The Balaban J connectivity index is 1.83. The van der Waals surface area contributed by atoms with Gasteiger partial charge in [-0.25, -0.2) is 4.98 Å². The predicted molar refractivity (Wildman–Crippen MR) is 99.0 cm³/mol. The first-order valence-corrected chi connectivity index (χ1v) is 8.87. The molecule has 0 spiro atoms. The Labute approximate surface area is 144 Å². The molecule has 0 aliphatic carbocycles. The first kappa shape index (κ1) is 14.7. The number of rotatable bonds is 2. The fourth-order valence-electron chi connectivity index (χ4n) is 2.89. The fourth-order valence-corrected chi connectivity index (χ4v) is 3.95. The smallest absolute Gasteiger partial charge is 0.139 e. The van der Waals surface area contributed by atoms with Crippen LogP contribution in [-0.2, 0) is 0 Å². The van der Waals surface area contributed by atoms with Crippen molar-refractivity contribution in [1.82, 2.24) is 9.38 Å². The number of aryl methyl sites for hydroxylation is 2. The molecular formula is C18H16ClN3S. The molecule has 0 saturated heterocycles. The fraction of sp³-hybridized carbons (Fsp3) is 0.167. The summed E-state index contributed by atoms with van der Waals surface area (Å²) in [4.78, 5) is 6.99. The maximum absolute atomic E-state index is 6.10. The van der Waals surface area contributed by atoms with Crippen LogP contribution in [0.4, 0.5) is 5.69 Å². The van der Waals surface area contributed by atoms with Crippen LogP contribution < -0.4 is 4.90 Å². The molecule has 1 aliphatic heterocycles. The van der Waals surface area contributed by atoms with Crippen LogP contribution in [-0.4, -0.2) is 15.3 Å². The summed E-state index contributed by atoms with van der Waals surface area (Å²) in [5.74, 6) is 0.915. The lowest BCUT2D eigenvalue weighted by Crippen LogP contribution is -2.18. The van der Waals surface area contributed by atoms with E-state index in [0.29, 0.717) is 5.02 Å². The maximum atomic E-state index is 6.10. The van der Waals surface area contributed by atoms with E-state index in [1.165, 1.54) is 16.9 Å². The van der Waals surface area contributed by atoms with E-state index in [0.717, 1.165) is 22.9 Å². The van der Waals surface area contributed by atoms with Crippen LogP contribution in [0.5, 0.6) is 0 Å². The number of thioether (sulfide) groups is 1. The molecule has 3 heterocycles. The minimum absolute atomic E-state index is 0.708. The van der Waals surface area contributed by atoms with Crippen molar-refractivity contribution in [3.05, 3.63) is 70.0 Å². The number of anilines is 1. The van der Waals surface area contributed by atoms with Crippen molar-refractivity contribution in [1.29, 1.82) is 0 Å². The molecule has 1 aromatic carbocycles. The third kappa shape index (κ3) is 2.52. The van der Waals surface area contributed by atoms with Gasteiger partial charge in [0.15, 0.2) is 0 Å². The minimum atomic E-state index is 0.708. The molecule has 0 fully saturated rings. The molecule has 0 N–H and O–H groups in total. The standard InChI is InChI=1S/C18H16ClN3S/c1-12-3-5-15(6-4-12)22-11-23-10-16(22)18-13(2)20-17-9-14(19)7-8-21(17)18/h3-10H,11H2,1-2H3. The third-order valence-corrected chi connectivity index (χ3v) is 5.07. The number of nitrogens with zero attached hydrogens (tertiary/aromatic N) is 3. The zero-order valence-corrected chi connectivity index (χ0v) is 14.5. The Morgan fingerprint density at radius 2 is 1.91 bits per heavy atom. The quantitative estimate of drug-likeness (QED) is 0.645. The summed E-state index contributed by atoms with van der Waals surface area (Å²) in [6.45, 7) is 4.16. The van der Waals surface area contributed by atoms with Crippen molar-refractivity contribution in [3.8, 4) is 0 Å². The van der Waals surface area contributed by atoms with E-state index in [4.69, 9.17) is 11.6 Å². The normalized spacial score (nSPS) is 14.6. The minimum Gasteiger partial charge on any atom is -0.329 e. The summed E-state index contributed by atoms with van der Waals surface area (Å²) in [6, 6.07) is 12.4. The highest BCUT2D eigenvalue weighted by Crippen LogP contribution is 2.37. The van der Waals surface area contributed by atoms with E-state index in [2.05, 4.69) is 50.9 Å². The summed E-state index contributed by atoms with van der Waals surface area (Å²) in [5.41, 5.74) is 6.68. The number of halogens is 1. The van der Waals surface area contributed by atoms with Crippen LogP contribution in [0.3, 0.4) is 0 Å². The van der Waals surface area contributed by atoms with E-state index < -0.39 is 0 Å². The summed E-state index contributed by atoms with van der Waals surface area (Å²) < 4.78 is 2.11. The summed E-state index contributed by atoms with van der Waals surface area (Å²) in [6.07, 6.45) is 1.99. The lowest BCUT2D eigenvalue weighted by molar-refractivity contribution is 1.10. The maximum Gasteiger partial charge on any atom is 0.139 e. The molecule has 0 saturated carbocycles. The third-order valence-electron chi connectivity index (χ3n) is 4.04. The highest BCUT2D eigenvalue weighted by molar-refractivity contribution is 8.02. The average Bonchev–Trinajstić information content (AvgIpc) is 3.10. The van der Waals surface area contributed by atoms with Crippen molar-refractivity contribution < 1.29 is 0 Å². The molecule has 0 unspecified atom stereocenters. The largest absolute Gasteiger partial charge is 0.329 e. The van der Waals surface area contributed by atoms with Gasteiger partial charge >= 0.3 is 0 Å². The van der Waals surface area contributed by atoms with E-state index in [-0.39, 0.29) is 0 Å². The molecule has 5 heteroatoms. The van der Waals surface area contributed by atoms with Gasteiger partial charge in [-0.15, -0.1) is 11.8 Å². The van der Waals surface area contributed by atoms with Crippen molar-refractivity contribution in [2.45, 2.75) is 13.8 Å². The zero-order chi connectivity index (χ0) is 16.0. The molecule has 3 nitrogen and oxygen atoms in total. The Hall–Kier alpha value is -1.91. The molecule has 2 aromatic heterocycles. The first-order chi connectivity index (χ1) is 11.1. The molecule has 3 aromatic rings. The van der Waals surface area contributed by atoms with Crippen LogP contribution in [0.1, 0.15) is 17.0 Å². The lowest BCUT2D eigenvalue weighted by Gasteiger charge is -2.22. The van der Waals surface area contributed by atoms with Crippen LogP contribution in [0, 0.1) is 13.8 Å². The SMILES string of the molecule is Cc1ccc(N2CSC=C2c2c(C)nc3cc(Cl)ccn23)cc1. The van der Waals surface area contributed by atoms with Gasteiger partial charge in [-0.05, 0) is 37.5 Å². The van der Waals surface area contributed by atoms with Gasteiger partial charge in [0.1, 0.15) is 5.65 Å². The Kier molecular flexibility index (Phi) is 3.58. The number of imidazole rings is 1. The van der Waals surface area contributed by atoms with Gasteiger partial charge in [-0.2, -0.15) is 0 Å². The number of pyridine rings is 1. The molecule has 0 radical (unpaired) electrons. The van der Waals surface area contributed by atoms with Gasteiger partial charge in [0.25, 0.3) is 0 Å². The number of hydrogen-bond donors (Lipinski definition) is 0. The zero-order valence-electron chi connectivity index (χ0n) is 13.0. The molecule has 23 heavy (non-hydrogen) atoms. The Morgan fingerprint density at radius 1 is 1.13 bits per heavy atom. The van der Waals surface area contributed by atoms with Crippen molar-refractivity contribution >= 4 is 40.4 Å². The Morgan fingerprint density at radius 3 is 2.70 bits per heavy atom. The number of aromatic nitrogens is 2. The highest BCUT2D eigenvalue weighted by atomic mass is 35.5. The summed E-state index contributed by atoms with van der Waals surface area (Å²) in [5, 5.41) is 2.92. The van der Waals surface area contributed by atoms with Crippen LogP contribution in [0.25, 0.3) is 11.3 Å². The van der Waals surface area contributed by atoms with Gasteiger partial charge in [0.2, 0.25) is 0 Å². The van der Waals surface area contributed by atoms with E-state index in [1.54, 1.807) is 11.8 Å². The Bertz CT molecular complexity index is 912. The second-order valence-corrected chi connectivity index (χ2v) is 6.95. The highest BCUT2D eigenvalue weighted by Gasteiger charge is 2.24. The van der Waals surface area contributed by atoms with Crippen LogP contribution in [0.2, 0.25) is 5.02 Å². The van der Waals surface area contributed by atoms with Crippen molar-refractivity contribution in [2.24, 2.45) is 0 Å². The summed E-state index contributed by atoms with van der Waals surface area (Å²) >= 11 is 7.90. The molecule has 1 aliphatic rings. The molecule has 4 rings (SSSR count). The van der Waals surface area contributed by atoms with Crippen molar-refractivity contribution in [2.75, 3.05) is 10.8 Å². The molecule has 0 bridgehead atoms. The second kappa shape index (κ2) is 5.62. The average molecular weight is 342 g/mol. The predicted octanol–water partition coefficient (Wildman–Crippen LogP) is 5.11. The topological polar surface area (TPSA) is 20.5 Å². The van der Waals surface area contributed by atoms with E-state index >= 15 is 0 Å². The molecule has 0 atom stereocenters. The van der Waals surface area contributed by atoms with Crippen LogP contribution >= 0.6 is 23.4 Å². The number of hydrogen-bond acceptors (Lipinski definition) is 3. The van der Waals surface area contributed by atoms with Gasteiger partial charge in [-0.1, -0.05) is 29.3 Å². The summed E-state index contributed by atoms with van der Waals surface area (Å²) in [7, 11) is 0. The lowest BCUT2D eigenvalue weighted by atomic mass is 10.2. The van der Waals surface area contributed by atoms with Gasteiger partial charge in [0, 0.05) is 23.0 Å². The van der Waals surface area contributed by atoms with Gasteiger partial charge < -0.3 is 4.90 Å². The molecular weight excluding hydrogens is 326 g/mol. The number of benzene rings is 1. The van der Waals surface area contributed by atoms with Crippen LogP contribution in [0.15, 0.2) is 48.0 Å². The van der Waals surface area contributed by atoms with E-state index in [9.17, 15) is 0 Å². The van der Waals surface area contributed by atoms with Gasteiger partial charge in [-0.3, -0.25) is 4.40 Å². The first-order valence-electron chi connectivity index (χ1n) is 7.44. The van der Waals surface area contributed by atoms with Crippen molar-refractivity contribution in [3.63, 3.8) is 0 Å². The number of fused-ring (bicyclic) bond motifs is 1. The second-order valence-electron chi connectivity index (χ2n) is 5.68. The monoisotopic (exact) mass is 341 g/mol. The molecule has 0 amide bonds.